The van der Waals surface area contributed by atoms with Gasteiger partial charge in [0.25, 0.3) is 0 Å². The number of carboxylic acids is 1. The summed E-state index contributed by atoms with van der Waals surface area (Å²) in [5.41, 5.74) is 1.10. The molecular weight excluding hydrogens is 180 g/mol. The normalized spacial score (nSPS) is 9.50. The van der Waals surface area contributed by atoms with Crippen molar-refractivity contribution in [2.24, 2.45) is 0 Å². The van der Waals surface area contributed by atoms with Crippen LogP contribution in [-0.2, 0) is 11.2 Å². The molecule has 3 nitrogen and oxygen atoms in total. The molecule has 14 heavy (non-hydrogen) atoms. The van der Waals surface area contributed by atoms with Gasteiger partial charge in [0.2, 0.25) is 0 Å². The average molecular weight is 192 g/mol. The van der Waals surface area contributed by atoms with E-state index < -0.39 is 5.97 Å². The standard InChI is InChI=1S/C11H12O3/c1-8(11(12)13)7-9-3-5-10(14-2)6-4-9/h3-6H,1,7H2,2H3,(H,12,13). The molecule has 0 saturated heterocycles. The van der Waals surface area contributed by atoms with E-state index in [4.69, 9.17) is 9.84 Å². The second kappa shape index (κ2) is 4.46. The number of ether oxygens (including phenoxy) is 1. The third-order valence-electron chi connectivity index (χ3n) is 1.88. The Hall–Kier alpha value is -1.77. The molecule has 0 unspecified atom stereocenters. The molecule has 0 fully saturated rings. The van der Waals surface area contributed by atoms with E-state index in [9.17, 15) is 4.79 Å². The first-order valence-corrected chi connectivity index (χ1v) is 4.17. The number of carboxylic acid groups (broad SMARTS) is 1. The molecule has 0 heterocycles. The third kappa shape index (κ3) is 2.62. The van der Waals surface area contributed by atoms with E-state index >= 15 is 0 Å². The van der Waals surface area contributed by atoms with E-state index in [-0.39, 0.29) is 5.57 Å². The smallest absolute Gasteiger partial charge is 0.331 e. The molecule has 74 valence electrons. The van der Waals surface area contributed by atoms with Crippen LogP contribution in [0.4, 0.5) is 0 Å². The molecule has 0 aliphatic rings. The number of carbonyl (C=O) groups is 1. The highest BCUT2D eigenvalue weighted by Gasteiger charge is 2.04. The van der Waals surface area contributed by atoms with E-state index in [1.54, 1.807) is 19.2 Å². The first-order chi connectivity index (χ1) is 6.63. The molecule has 0 aliphatic carbocycles. The van der Waals surface area contributed by atoms with Gasteiger partial charge in [-0.3, -0.25) is 0 Å². The minimum atomic E-state index is -0.958. The third-order valence-corrected chi connectivity index (χ3v) is 1.88. The zero-order valence-corrected chi connectivity index (χ0v) is 7.99. The van der Waals surface area contributed by atoms with Crippen molar-refractivity contribution in [1.82, 2.24) is 0 Å². The lowest BCUT2D eigenvalue weighted by Crippen LogP contribution is -2.01. The Morgan fingerprint density at radius 3 is 2.43 bits per heavy atom. The Labute approximate surface area is 82.6 Å². The van der Waals surface area contributed by atoms with Gasteiger partial charge in [-0.15, -0.1) is 0 Å². The molecule has 0 atom stereocenters. The molecule has 0 aliphatic heterocycles. The number of aliphatic carboxylic acids is 1. The summed E-state index contributed by atoms with van der Waals surface area (Å²) in [6, 6.07) is 7.24. The summed E-state index contributed by atoms with van der Waals surface area (Å²) in [4.78, 5) is 10.5. The fraction of sp³-hybridized carbons (Fsp3) is 0.182. The van der Waals surface area contributed by atoms with Gasteiger partial charge >= 0.3 is 5.97 Å². The fourth-order valence-corrected chi connectivity index (χ4v) is 1.07. The summed E-state index contributed by atoms with van der Waals surface area (Å²) in [5, 5.41) is 8.62. The van der Waals surface area contributed by atoms with Crippen LogP contribution in [0.5, 0.6) is 5.75 Å². The Bertz CT molecular complexity index is 338. The van der Waals surface area contributed by atoms with Crippen molar-refractivity contribution < 1.29 is 14.6 Å². The maximum atomic E-state index is 10.5. The van der Waals surface area contributed by atoms with E-state index in [1.807, 2.05) is 12.1 Å². The van der Waals surface area contributed by atoms with Crippen molar-refractivity contribution in [3.05, 3.63) is 42.0 Å². The Kier molecular flexibility index (Phi) is 3.29. The van der Waals surface area contributed by atoms with Crippen molar-refractivity contribution in [2.75, 3.05) is 7.11 Å². The fourth-order valence-electron chi connectivity index (χ4n) is 1.07. The number of methoxy groups -OCH3 is 1. The summed E-state index contributed by atoms with van der Waals surface area (Å²) in [5.74, 6) is -0.199. The lowest BCUT2D eigenvalue weighted by atomic mass is 10.1. The van der Waals surface area contributed by atoms with Gasteiger partial charge in [-0.25, -0.2) is 4.79 Å². The Balaban J connectivity index is 2.69. The van der Waals surface area contributed by atoms with Crippen LogP contribution in [0.15, 0.2) is 36.4 Å². The second-order valence-electron chi connectivity index (χ2n) is 2.93. The zero-order valence-electron chi connectivity index (χ0n) is 7.99. The van der Waals surface area contributed by atoms with Gasteiger partial charge in [0.05, 0.1) is 7.11 Å². The number of benzene rings is 1. The van der Waals surface area contributed by atoms with Crippen LogP contribution in [0.3, 0.4) is 0 Å². The molecule has 0 saturated carbocycles. The molecule has 0 spiro atoms. The number of rotatable bonds is 4. The molecule has 1 aromatic rings. The first kappa shape index (κ1) is 10.3. The molecule has 0 radical (unpaired) electrons. The van der Waals surface area contributed by atoms with E-state index in [0.29, 0.717) is 6.42 Å². The highest BCUT2D eigenvalue weighted by atomic mass is 16.5. The predicted molar refractivity (Wildman–Crippen MR) is 53.5 cm³/mol. The molecular formula is C11H12O3. The number of hydrogen-bond donors (Lipinski definition) is 1. The van der Waals surface area contributed by atoms with Gasteiger partial charge in [0.15, 0.2) is 0 Å². The average Bonchev–Trinajstić information content (AvgIpc) is 2.19. The van der Waals surface area contributed by atoms with Gasteiger partial charge in [0, 0.05) is 12.0 Å². The molecule has 0 bridgehead atoms. The van der Waals surface area contributed by atoms with Crippen LogP contribution in [0.25, 0.3) is 0 Å². The van der Waals surface area contributed by atoms with Crippen molar-refractivity contribution in [3.63, 3.8) is 0 Å². The zero-order chi connectivity index (χ0) is 10.6. The van der Waals surface area contributed by atoms with E-state index in [2.05, 4.69) is 6.58 Å². The van der Waals surface area contributed by atoms with Gasteiger partial charge in [-0.05, 0) is 17.7 Å². The number of hydrogen-bond acceptors (Lipinski definition) is 2. The second-order valence-corrected chi connectivity index (χ2v) is 2.93. The lowest BCUT2D eigenvalue weighted by molar-refractivity contribution is -0.132. The van der Waals surface area contributed by atoms with Crippen LogP contribution < -0.4 is 4.74 Å². The molecule has 1 rings (SSSR count). The van der Waals surface area contributed by atoms with Crippen molar-refractivity contribution in [2.45, 2.75) is 6.42 Å². The van der Waals surface area contributed by atoms with Crippen molar-refractivity contribution in [3.8, 4) is 5.75 Å². The van der Waals surface area contributed by atoms with Crippen LogP contribution >= 0.6 is 0 Å². The minimum Gasteiger partial charge on any atom is -0.497 e. The Morgan fingerprint density at radius 2 is 2.00 bits per heavy atom. The lowest BCUT2D eigenvalue weighted by Gasteiger charge is -2.02. The van der Waals surface area contributed by atoms with Crippen molar-refractivity contribution >= 4 is 5.97 Å². The van der Waals surface area contributed by atoms with Gasteiger partial charge in [-0.2, -0.15) is 0 Å². The van der Waals surface area contributed by atoms with Gasteiger partial charge < -0.3 is 9.84 Å². The van der Waals surface area contributed by atoms with Gasteiger partial charge in [-0.1, -0.05) is 18.7 Å². The maximum absolute atomic E-state index is 10.5. The molecule has 1 aromatic carbocycles. The SMILES string of the molecule is C=C(Cc1ccc(OC)cc1)C(=O)O. The summed E-state index contributed by atoms with van der Waals surface area (Å²) in [7, 11) is 1.59. The summed E-state index contributed by atoms with van der Waals surface area (Å²) in [6.45, 7) is 3.46. The van der Waals surface area contributed by atoms with Crippen molar-refractivity contribution in [1.29, 1.82) is 0 Å². The molecule has 0 aromatic heterocycles. The highest BCUT2D eigenvalue weighted by Crippen LogP contribution is 2.13. The quantitative estimate of drug-likeness (QED) is 0.741. The highest BCUT2D eigenvalue weighted by molar-refractivity contribution is 5.86. The topological polar surface area (TPSA) is 46.5 Å². The van der Waals surface area contributed by atoms with Crippen LogP contribution in [0, 0.1) is 0 Å². The van der Waals surface area contributed by atoms with E-state index in [1.165, 1.54) is 0 Å². The largest absolute Gasteiger partial charge is 0.497 e. The predicted octanol–water partition coefficient (Wildman–Crippen LogP) is 1.88. The summed E-state index contributed by atoms with van der Waals surface area (Å²) >= 11 is 0. The van der Waals surface area contributed by atoms with Gasteiger partial charge in [0.1, 0.15) is 5.75 Å². The maximum Gasteiger partial charge on any atom is 0.331 e. The van der Waals surface area contributed by atoms with Crippen LogP contribution in [0.1, 0.15) is 5.56 Å². The first-order valence-electron chi connectivity index (χ1n) is 4.17. The molecule has 1 N–H and O–H groups in total. The summed E-state index contributed by atoms with van der Waals surface area (Å²) < 4.78 is 4.98. The monoisotopic (exact) mass is 192 g/mol. The van der Waals surface area contributed by atoms with Crippen LogP contribution in [-0.4, -0.2) is 18.2 Å². The van der Waals surface area contributed by atoms with Crippen LogP contribution in [0.2, 0.25) is 0 Å². The van der Waals surface area contributed by atoms with E-state index in [0.717, 1.165) is 11.3 Å². The Morgan fingerprint density at radius 1 is 1.43 bits per heavy atom. The molecule has 3 heteroatoms. The molecule has 0 amide bonds. The summed E-state index contributed by atoms with van der Waals surface area (Å²) in [6.07, 6.45) is 0.360. The minimum absolute atomic E-state index is 0.190.